The highest BCUT2D eigenvalue weighted by Gasteiger charge is 2.53. The Kier molecular flexibility index (Phi) is 7.01. The van der Waals surface area contributed by atoms with Crippen LogP contribution in [0, 0.1) is 24.7 Å². The number of aliphatic hydroxyl groups is 1. The van der Waals surface area contributed by atoms with Gasteiger partial charge in [-0.2, -0.15) is 8.42 Å². The first-order valence-corrected chi connectivity index (χ1v) is 13.5. The van der Waals surface area contributed by atoms with Crippen LogP contribution in [0.1, 0.15) is 44.7 Å². The first-order chi connectivity index (χ1) is 16.4. The fourth-order valence-corrected chi connectivity index (χ4v) is 6.35. The topological polar surface area (TPSA) is 93.1 Å². The van der Waals surface area contributed by atoms with Crippen molar-refractivity contribution in [3.05, 3.63) is 65.7 Å². The van der Waals surface area contributed by atoms with Crippen molar-refractivity contribution in [1.82, 2.24) is 4.90 Å². The third-order valence-corrected chi connectivity index (χ3v) is 8.28. The maximum atomic E-state index is 12.8. The van der Waals surface area contributed by atoms with Crippen LogP contribution in [0.5, 0.6) is 0 Å². The molecule has 2 aliphatic rings. The molecule has 1 saturated heterocycles. The standard InChI is InChI=1S/C27H35NO6S/c1-19-10-12-23(13-11-19)35(31,32)33-18-20-14-21-16-28(25(29)34-26(2,3)4)17-24(21)27(30,15-20)22-8-6-5-7-9-22/h5-13,20-21,24,30H,14-18H2,1-4H3. The second kappa shape index (κ2) is 9.56. The number of carbonyl (C=O) groups excluding carboxylic acids is 1. The van der Waals surface area contributed by atoms with Gasteiger partial charge in [-0.05, 0) is 70.1 Å². The molecule has 1 aliphatic carbocycles. The number of fused-ring (bicyclic) bond motifs is 1. The summed E-state index contributed by atoms with van der Waals surface area (Å²) in [4.78, 5) is 14.6. The molecule has 0 radical (unpaired) electrons. The quantitative estimate of drug-likeness (QED) is 0.607. The van der Waals surface area contributed by atoms with Crippen LogP contribution >= 0.6 is 0 Å². The summed E-state index contributed by atoms with van der Waals surface area (Å²) in [7, 11) is -3.91. The number of nitrogens with zero attached hydrogens (tertiary/aromatic N) is 1. The lowest BCUT2D eigenvalue weighted by Gasteiger charge is -2.44. The van der Waals surface area contributed by atoms with Gasteiger partial charge >= 0.3 is 6.09 Å². The first-order valence-electron chi connectivity index (χ1n) is 12.1. The summed E-state index contributed by atoms with van der Waals surface area (Å²) in [5.74, 6) is -0.375. The number of aryl methyl sites for hydroxylation is 1. The SMILES string of the molecule is Cc1ccc(S(=O)(=O)OCC2CC3CN(C(=O)OC(C)(C)C)CC3C(O)(c3ccccc3)C2)cc1. The molecule has 2 aromatic carbocycles. The molecule has 0 spiro atoms. The molecule has 1 aliphatic heterocycles. The molecule has 1 N–H and O–H groups in total. The average molecular weight is 502 g/mol. The molecule has 8 heteroatoms. The summed E-state index contributed by atoms with van der Waals surface area (Å²) < 4.78 is 36.6. The molecule has 190 valence electrons. The van der Waals surface area contributed by atoms with Crippen LogP contribution in [0.25, 0.3) is 0 Å². The van der Waals surface area contributed by atoms with E-state index in [-0.39, 0.29) is 29.3 Å². The van der Waals surface area contributed by atoms with Gasteiger partial charge in [0.25, 0.3) is 10.1 Å². The van der Waals surface area contributed by atoms with Crippen LogP contribution in [-0.4, -0.2) is 49.8 Å². The largest absolute Gasteiger partial charge is 0.444 e. The smallest absolute Gasteiger partial charge is 0.410 e. The molecule has 2 aromatic rings. The van der Waals surface area contributed by atoms with E-state index in [1.807, 2.05) is 58.0 Å². The monoisotopic (exact) mass is 501 g/mol. The van der Waals surface area contributed by atoms with Crippen LogP contribution in [0.3, 0.4) is 0 Å². The van der Waals surface area contributed by atoms with Crippen molar-refractivity contribution in [2.24, 2.45) is 17.8 Å². The number of benzene rings is 2. The van der Waals surface area contributed by atoms with Gasteiger partial charge < -0.3 is 14.7 Å². The molecule has 2 fully saturated rings. The molecule has 1 heterocycles. The van der Waals surface area contributed by atoms with Crippen LogP contribution in [0.15, 0.2) is 59.5 Å². The Balaban J connectivity index is 1.54. The van der Waals surface area contributed by atoms with Crippen LogP contribution < -0.4 is 0 Å². The van der Waals surface area contributed by atoms with Crippen molar-refractivity contribution in [3.63, 3.8) is 0 Å². The van der Waals surface area contributed by atoms with Crippen LogP contribution in [0.2, 0.25) is 0 Å². The molecule has 4 rings (SSSR count). The Morgan fingerprint density at radius 3 is 2.37 bits per heavy atom. The van der Waals surface area contributed by atoms with Gasteiger partial charge in [-0.3, -0.25) is 4.18 Å². The number of rotatable bonds is 5. The highest BCUT2D eigenvalue weighted by molar-refractivity contribution is 7.86. The van der Waals surface area contributed by atoms with Crippen molar-refractivity contribution in [1.29, 1.82) is 0 Å². The number of carbonyl (C=O) groups is 1. The van der Waals surface area contributed by atoms with E-state index in [1.165, 1.54) is 12.1 Å². The minimum Gasteiger partial charge on any atom is -0.444 e. The van der Waals surface area contributed by atoms with Crippen LogP contribution in [0.4, 0.5) is 4.79 Å². The van der Waals surface area contributed by atoms with Crippen LogP contribution in [-0.2, 0) is 24.6 Å². The summed E-state index contributed by atoms with van der Waals surface area (Å²) in [6, 6.07) is 16.0. The van der Waals surface area contributed by atoms with Crippen molar-refractivity contribution >= 4 is 16.2 Å². The van der Waals surface area contributed by atoms with Gasteiger partial charge in [0.1, 0.15) is 5.60 Å². The Labute approximate surface area is 208 Å². The second-order valence-electron chi connectivity index (χ2n) is 10.9. The molecule has 4 unspecified atom stereocenters. The van der Waals surface area contributed by atoms with E-state index in [4.69, 9.17) is 8.92 Å². The molecular formula is C27H35NO6S. The van der Waals surface area contributed by atoms with E-state index < -0.39 is 27.4 Å². The summed E-state index contributed by atoms with van der Waals surface area (Å²) in [6.07, 6.45) is 0.615. The maximum absolute atomic E-state index is 12.8. The van der Waals surface area contributed by atoms with E-state index in [2.05, 4.69) is 0 Å². The van der Waals surface area contributed by atoms with E-state index in [0.717, 1.165) is 11.1 Å². The van der Waals surface area contributed by atoms with Gasteiger partial charge in [-0.1, -0.05) is 48.0 Å². The zero-order valence-electron chi connectivity index (χ0n) is 20.8. The van der Waals surface area contributed by atoms with Gasteiger partial charge in [0.15, 0.2) is 0 Å². The minimum absolute atomic E-state index is 0.00264. The highest BCUT2D eigenvalue weighted by Crippen LogP contribution is 2.50. The average Bonchev–Trinajstić information content (AvgIpc) is 3.23. The molecule has 1 saturated carbocycles. The summed E-state index contributed by atoms with van der Waals surface area (Å²) >= 11 is 0. The van der Waals surface area contributed by atoms with Crippen molar-refractivity contribution in [2.75, 3.05) is 19.7 Å². The number of amides is 1. The molecule has 4 atom stereocenters. The van der Waals surface area contributed by atoms with Crippen molar-refractivity contribution < 1.29 is 27.2 Å². The second-order valence-corrected chi connectivity index (χ2v) is 12.5. The van der Waals surface area contributed by atoms with E-state index in [9.17, 15) is 18.3 Å². The lowest BCUT2D eigenvalue weighted by molar-refractivity contribution is -0.0890. The minimum atomic E-state index is -3.91. The zero-order valence-corrected chi connectivity index (χ0v) is 21.6. The van der Waals surface area contributed by atoms with Gasteiger partial charge in [-0.15, -0.1) is 0 Å². The van der Waals surface area contributed by atoms with Crippen molar-refractivity contribution in [2.45, 2.75) is 56.6 Å². The lowest BCUT2D eigenvalue weighted by atomic mass is 9.64. The predicted molar refractivity (Wildman–Crippen MR) is 132 cm³/mol. The summed E-state index contributed by atoms with van der Waals surface area (Å²) in [5.41, 5.74) is -0.0812. The Hall–Kier alpha value is -2.42. The maximum Gasteiger partial charge on any atom is 0.410 e. The molecule has 7 nitrogen and oxygen atoms in total. The third-order valence-electron chi connectivity index (χ3n) is 6.98. The summed E-state index contributed by atoms with van der Waals surface area (Å²) in [5, 5.41) is 12.0. The number of likely N-dealkylation sites (tertiary alicyclic amines) is 1. The first kappa shape index (κ1) is 25.7. The van der Waals surface area contributed by atoms with E-state index in [1.54, 1.807) is 17.0 Å². The van der Waals surface area contributed by atoms with Gasteiger partial charge in [-0.25, -0.2) is 4.79 Å². The molecule has 1 amide bonds. The fraction of sp³-hybridized carbons (Fsp3) is 0.519. The highest BCUT2D eigenvalue weighted by atomic mass is 32.2. The molecule has 0 bridgehead atoms. The Bertz CT molecular complexity index is 1140. The van der Waals surface area contributed by atoms with Gasteiger partial charge in [0, 0.05) is 19.0 Å². The molecular weight excluding hydrogens is 466 g/mol. The van der Waals surface area contributed by atoms with Gasteiger partial charge in [0.2, 0.25) is 0 Å². The van der Waals surface area contributed by atoms with Gasteiger partial charge in [0.05, 0.1) is 17.1 Å². The van der Waals surface area contributed by atoms with E-state index in [0.29, 0.717) is 25.9 Å². The predicted octanol–water partition coefficient (Wildman–Crippen LogP) is 4.48. The van der Waals surface area contributed by atoms with E-state index >= 15 is 0 Å². The third kappa shape index (κ3) is 5.71. The zero-order chi connectivity index (χ0) is 25.4. The molecule has 0 aromatic heterocycles. The van der Waals surface area contributed by atoms with Crippen molar-refractivity contribution in [3.8, 4) is 0 Å². The normalized spacial score (nSPS) is 26.9. The Morgan fingerprint density at radius 2 is 1.74 bits per heavy atom. The number of hydrogen-bond donors (Lipinski definition) is 1. The lowest BCUT2D eigenvalue weighted by Crippen LogP contribution is -2.46. The number of ether oxygens (including phenoxy) is 1. The molecule has 35 heavy (non-hydrogen) atoms. The Morgan fingerprint density at radius 1 is 1.09 bits per heavy atom. The summed E-state index contributed by atoms with van der Waals surface area (Å²) in [6.45, 7) is 8.20. The fourth-order valence-electron chi connectivity index (χ4n) is 5.37. The number of hydrogen-bond acceptors (Lipinski definition) is 6.